The third kappa shape index (κ3) is 43.8. The molecule has 3 atom stereocenters. The number of carbonyl (C=O) groups is 3. The van der Waals surface area contributed by atoms with Gasteiger partial charge in [0.2, 0.25) is 5.91 Å². The van der Waals surface area contributed by atoms with Crippen molar-refractivity contribution in [2.45, 2.75) is 219 Å². The van der Waals surface area contributed by atoms with Gasteiger partial charge in [-0.3, -0.25) is 18.6 Å². The number of amides is 1. The maximum Gasteiger partial charge on any atom is 0.472 e. The lowest BCUT2D eigenvalue weighted by Gasteiger charge is -2.18. The van der Waals surface area contributed by atoms with Gasteiger partial charge in [-0.15, -0.1) is 0 Å². The van der Waals surface area contributed by atoms with Crippen LogP contribution in [0.15, 0.2) is 60.8 Å². The standard InChI is InChI=1S/C50H88NO10P/c1-3-5-7-9-11-13-15-17-19-21-22-23-24-26-27-29-31-33-35-37-39-41-48(53)51-47(50(55)56)45-61-62(57,58)60-44-46(52)43-59-49(54)42-40-38-36-34-32-30-28-25-20-18-16-14-12-10-8-6-4-2/h6,8,12,14,18,20,28,30,34,36,46-47,52H,3-5,7,9-11,13,15-17,19,21-27,29,31-33,35,37-45H2,1-2H3,(H,51,53)(H,55,56)(H,57,58)/b8-6-,14-12-,20-18-,30-28-,36-34-. The first-order chi connectivity index (χ1) is 30.1. The number of rotatable bonds is 45. The fourth-order valence-corrected chi connectivity index (χ4v) is 7.36. The van der Waals surface area contributed by atoms with Crippen molar-refractivity contribution in [2.24, 2.45) is 0 Å². The third-order valence-corrected chi connectivity index (χ3v) is 11.3. The summed E-state index contributed by atoms with van der Waals surface area (Å²) in [6.45, 7) is 2.44. The highest BCUT2D eigenvalue weighted by atomic mass is 31.2. The van der Waals surface area contributed by atoms with Gasteiger partial charge in [0, 0.05) is 12.8 Å². The minimum atomic E-state index is -4.77. The molecule has 0 aliphatic heterocycles. The first-order valence-electron chi connectivity index (χ1n) is 24.3. The molecular formula is C50H88NO10P. The van der Waals surface area contributed by atoms with E-state index in [1.807, 2.05) is 12.2 Å². The van der Waals surface area contributed by atoms with Gasteiger partial charge < -0.3 is 25.2 Å². The van der Waals surface area contributed by atoms with Crippen molar-refractivity contribution in [1.82, 2.24) is 5.32 Å². The summed E-state index contributed by atoms with van der Waals surface area (Å²) in [5, 5.41) is 21.9. The zero-order chi connectivity index (χ0) is 45.6. The number of hydrogen-bond donors (Lipinski definition) is 4. The van der Waals surface area contributed by atoms with E-state index in [1.165, 1.54) is 109 Å². The Balaban J connectivity index is 3.90. The van der Waals surface area contributed by atoms with Crippen molar-refractivity contribution >= 4 is 25.7 Å². The summed E-state index contributed by atoms with van der Waals surface area (Å²) in [5.41, 5.74) is 0. The highest BCUT2D eigenvalue weighted by molar-refractivity contribution is 7.47. The first-order valence-corrected chi connectivity index (χ1v) is 25.8. The minimum Gasteiger partial charge on any atom is -0.480 e. The Morgan fingerprint density at radius 1 is 0.532 bits per heavy atom. The number of carboxylic acids is 1. The van der Waals surface area contributed by atoms with Gasteiger partial charge in [0.15, 0.2) is 6.04 Å². The van der Waals surface area contributed by atoms with Crippen LogP contribution in [0, 0.1) is 0 Å². The Hall–Kier alpha value is -2.82. The fourth-order valence-electron chi connectivity index (χ4n) is 6.59. The third-order valence-electron chi connectivity index (χ3n) is 10.3. The Bertz CT molecular complexity index is 1280. The van der Waals surface area contributed by atoms with E-state index in [0.717, 1.165) is 51.4 Å². The number of allylic oxidation sites excluding steroid dienone is 10. The molecule has 0 radical (unpaired) electrons. The Labute approximate surface area is 376 Å². The Morgan fingerprint density at radius 3 is 1.37 bits per heavy atom. The molecule has 0 rings (SSSR count). The Morgan fingerprint density at radius 2 is 0.935 bits per heavy atom. The van der Waals surface area contributed by atoms with Gasteiger partial charge >= 0.3 is 19.8 Å². The van der Waals surface area contributed by atoms with E-state index in [-0.39, 0.29) is 12.8 Å². The molecule has 358 valence electrons. The van der Waals surface area contributed by atoms with E-state index in [4.69, 9.17) is 13.8 Å². The summed E-state index contributed by atoms with van der Waals surface area (Å²) in [5.74, 6) is -2.43. The molecule has 0 saturated heterocycles. The van der Waals surface area contributed by atoms with Gasteiger partial charge in [0.25, 0.3) is 0 Å². The van der Waals surface area contributed by atoms with E-state index < -0.39 is 57.6 Å². The predicted molar refractivity (Wildman–Crippen MR) is 254 cm³/mol. The van der Waals surface area contributed by atoms with Gasteiger partial charge in [0.05, 0.1) is 13.2 Å². The van der Waals surface area contributed by atoms with Gasteiger partial charge in [-0.05, 0) is 51.4 Å². The molecule has 0 aliphatic carbocycles. The monoisotopic (exact) mass is 894 g/mol. The number of ether oxygens (including phenoxy) is 1. The van der Waals surface area contributed by atoms with Crippen LogP contribution in [0.1, 0.15) is 206 Å². The van der Waals surface area contributed by atoms with Crippen LogP contribution in [-0.4, -0.2) is 64.9 Å². The molecular weight excluding hydrogens is 806 g/mol. The molecule has 0 fully saturated rings. The van der Waals surface area contributed by atoms with Crippen molar-refractivity contribution < 1.29 is 47.8 Å². The van der Waals surface area contributed by atoms with Crippen molar-refractivity contribution in [2.75, 3.05) is 19.8 Å². The molecule has 0 spiro atoms. The molecule has 3 unspecified atom stereocenters. The summed E-state index contributed by atoms with van der Waals surface area (Å²) < 4.78 is 26.8. The molecule has 11 nitrogen and oxygen atoms in total. The summed E-state index contributed by atoms with van der Waals surface area (Å²) in [6, 6.07) is -1.55. The van der Waals surface area contributed by atoms with Crippen LogP contribution < -0.4 is 5.32 Å². The highest BCUT2D eigenvalue weighted by Gasteiger charge is 2.28. The van der Waals surface area contributed by atoms with Crippen molar-refractivity contribution in [3.63, 3.8) is 0 Å². The average molecular weight is 894 g/mol. The SMILES string of the molecule is CC/C=C\C/C=C\C/C=C\C/C=C\C/C=C\CCCC(=O)OCC(O)COP(=O)(O)OCC(NC(=O)CCCCCCCCCCCCCCCCCCCCCCC)C(=O)O. The van der Waals surface area contributed by atoms with E-state index in [1.54, 1.807) is 0 Å². The number of aliphatic hydroxyl groups is 1. The molecule has 4 N–H and O–H groups in total. The fraction of sp³-hybridized carbons (Fsp3) is 0.740. The molecule has 1 amide bonds. The molecule has 12 heteroatoms. The molecule has 0 bridgehead atoms. The van der Waals surface area contributed by atoms with Crippen LogP contribution in [-0.2, 0) is 32.7 Å². The average Bonchev–Trinajstić information content (AvgIpc) is 3.25. The number of esters is 1. The largest absolute Gasteiger partial charge is 0.480 e. The minimum absolute atomic E-state index is 0.143. The summed E-state index contributed by atoms with van der Waals surface area (Å²) in [7, 11) is -4.77. The van der Waals surface area contributed by atoms with Gasteiger partial charge in [-0.25, -0.2) is 9.36 Å². The van der Waals surface area contributed by atoms with E-state index in [9.17, 15) is 34.1 Å². The van der Waals surface area contributed by atoms with Crippen LogP contribution in [0.25, 0.3) is 0 Å². The number of aliphatic hydroxyl groups excluding tert-OH is 1. The molecule has 0 aromatic rings. The smallest absolute Gasteiger partial charge is 0.472 e. The summed E-state index contributed by atoms with van der Waals surface area (Å²) in [4.78, 5) is 46.0. The maximum atomic E-state index is 12.4. The number of phosphoric acid groups is 1. The number of carboxylic acid groups (broad SMARTS) is 1. The predicted octanol–water partition coefficient (Wildman–Crippen LogP) is 13.1. The van der Waals surface area contributed by atoms with Crippen LogP contribution in [0.4, 0.5) is 0 Å². The highest BCUT2D eigenvalue weighted by Crippen LogP contribution is 2.43. The second-order valence-electron chi connectivity index (χ2n) is 16.3. The van der Waals surface area contributed by atoms with Gasteiger partial charge in [-0.2, -0.15) is 0 Å². The van der Waals surface area contributed by atoms with E-state index in [2.05, 4.69) is 67.8 Å². The van der Waals surface area contributed by atoms with E-state index in [0.29, 0.717) is 19.3 Å². The van der Waals surface area contributed by atoms with Crippen molar-refractivity contribution in [1.29, 1.82) is 0 Å². The normalized spacial score (nSPS) is 14.1. The van der Waals surface area contributed by atoms with Crippen LogP contribution in [0.2, 0.25) is 0 Å². The number of aliphatic carboxylic acids is 1. The van der Waals surface area contributed by atoms with Crippen molar-refractivity contribution in [3.05, 3.63) is 60.8 Å². The topological polar surface area (TPSA) is 169 Å². The van der Waals surface area contributed by atoms with Crippen LogP contribution >= 0.6 is 7.82 Å². The molecule has 0 aliphatic rings. The Kier molecular flexibility index (Phi) is 42.7. The first kappa shape index (κ1) is 59.2. The number of hydrogen-bond acceptors (Lipinski definition) is 8. The van der Waals surface area contributed by atoms with Gasteiger partial charge in [-0.1, -0.05) is 203 Å². The number of nitrogens with one attached hydrogen (secondary N) is 1. The maximum absolute atomic E-state index is 12.4. The lowest BCUT2D eigenvalue weighted by molar-refractivity contribution is -0.147. The zero-order valence-electron chi connectivity index (χ0n) is 38.9. The number of phosphoric ester groups is 1. The second kappa shape index (κ2) is 44.8. The molecule has 62 heavy (non-hydrogen) atoms. The van der Waals surface area contributed by atoms with Crippen LogP contribution in [0.3, 0.4) is 0 Å². The summed E-state index contributed by atoms with van der Waals surface area (Å²) >= 11 is 0. The van der Waals surface area contributed by atoms with Crippen LogP contribution in [0.5, 0.6) is 0 Å². The second-order valence-corrected chi connectivity index (χ2v) is 17.7. The molecule has 0 saturated carbocycles. The van der Waals surface area contributed by atoms with Gasteiger partial charge in [0.1, 0.15) is 12.7 Å². The number of unbranched alkanes of at least 4 members (excludes halogenated alkanes) is 21. The lowest BCUT2D eigenvalue weighted by atomic mass is 10.0. The molecule has 0 aromatic heterocycles. The lowest BCUT2D eigenvalue weighted by Crippen LogP contribution is -2.43. The zero-order valence-corrected chi connectivity index (χ0v) is 39.8. The van der Waals surface area contributed by atoms with Crippen molar-refractivity contribution in [3.8, 4) is 0 Å². The summed E-state index contributed by atoms with van der Waals surface area (Å²) in [6.07, 6.45) is 52.5. The molecule has 0 heterocycles. The molecule has 0 aromatic carbocycles. The van der Waals surface area contributed by atoms with E-state index >= 15 is 0 Å². The number of carbonyl (C=O) groups excluding carboxylic acids is 2. The quantitative estimate of drug-likeness (QED) is 0.0200.